The minimum absolute atomic E-state index is 0.158. The molecule has 2 amide bonds. The molecule has 1 aromatic rings. The highest BCUT2D eigenvalue weighted by Gasteiger charge is 2.30. The molecule has 1 fully saturated rings. The van der Waals surface area contributed by atoms with Crippen molar-refractivity contribution >= 4 is 11.8 Å². The SMILES string of the molecule is C=CC(=O)N1CCC[C@@H](NC(=O)c2ccc(C(F)(F)F)cc2)C1. The lowest BCUT2D eigenvalue weighted by molar-refractivity contribution is -0.137. The van der Waals surface area contributed by atoms with Crippen LogP contribution in [-0.4, -0.2) is 35.8 Å². The number of rotatable bonds is 3. The van der Waals surface area contributed by atoms with Crippen molar-refractivity contribution in [3.05, 3.63) is 48.0 Å². The number of amides is 2. The fourth-order valence-electron chi connectivity index (χ4n) is 2.50. The van der Waals surface area contributed by atoms with E-state index in [9.17, 15) is 22.8 Å². The van der Waals surface area contributed by atoms with Crippen molar-refractivity contribution < 1.29 is 22.8 Å². The lowest BCUT2D eigenvalue weighted by Gasteiger charge is -2.32. The molecule has 0 saturated carbocycles. The quantitative estimate of drug-likeness (QED) is 0.868. The standard InChI is InChI=1S/C16H17F3N2O2/c1-2-14(22)21-9-3-4-13(10-21)20-15(23)11-5-7-12(8-6-11)16(17,18)19/h2,5-8,13H,1,3-4,9-10H2,(H,20,23)/t13-/m1/s1. The average Bonchev–Trinajstić information content (AvgIpc) is 2.53. The molecule has 1 aliphatic heterocycles. The van der Waals surface area contributed by atoms with Crippen molar-refractivity contribution in [2.75, 3.05) is 13.1 Å². The van der Waals surface area contributed by atoms with Gasteiger partial charge in [0.2, 0.25) is 5.91 Å². The van der Waals surface area contributed by atoms with Crippen LogP contribution in [-0.2, 0) is 11.0 Å². The Bertz CT molecular complexity index is 596. The minimum Gasteiger partial charge on any atom is -0.348 e. The van der Waals surface area contributed by atoms with Crippen LogP contribution in [0, 0.1) is 0 Å². The Hall–Kier alpha value is -2.31. The molecule has 0 aliphatic carbocycles. The maximum absolute atomic E-state index is 12.5. The molecule has 23 heavy (non-hydrogen) atoms. The molecule has 1 saturated heterocycles. The van der Waals surface area contributed by atoms with E-state index in [1.165, 1.54) is 6.08 Å². The monoisotopic (exact) mass is 326 g/mol. The highest BCUT2D eigenvalue weighted by Crippen LogP contribution is 2.29. The smallest absolute Gasteiger partial charge is 0.348 e. The van der Waals surface area contributed by atoms with Gasteiger partial charge >= 0.3 is 6.18 Å². The van der Waals surface area contributed by atoms with Gasteiger partial charge in [0.15, 0.2) is 0 Å². The Morgan fingerprint density at radius 1 is 1.26 bits per heavy atom. The summed E-state index contributed by atoms with van der Waals surface area (Å²) in [7, 11) is 0. The second-order valence-electron chi connectivity index (χ2n) is 5.38. The van der Waals surface area contributed by atoms with Gasteiger partial charge in [0.05, 0.1) is 5.56 Å². The summed E-state index contributed by atoms with van der Waals surface area (Å²) < 4.78 is 37.5. The maximum atomic E-state index is 12.5. The molecule has 2 rings (SSSR count). The number of halogens is 3. The molecular formula is C16H17F3N2O2. The van der Waals surface area contributed by atoms with Crippen LogP contribution in [0.1, 0.15) is 28.8 Å². The molecule has 7 heteroatoms. The summed E-state index contributed by atoms with van der Waals surface area (Å²) in [4.78, 5) is 25.3. The van der Waals surface area contributed by atoms with Crippen LogP contribution >= 0.6 is 0 Å². The molecule has 1 N–H and O–H groups in total. The van der Waals surface area contributed by atoms with Gasteiger partial charge in [-0.05, 0) is 43.2 Å². The van der Waals surface area contributed by atoms with Gasteiger partial charge in [0, 0.05) is 24.7 Å². The fourth-order valence-corrected chi connectivity index (χ4v) is 2.50. The number of nitrogens with one attached hydrogen (secondary N) is 1. The van der Waals surface area contributed by atoms with Gasteiger partial charge in [-0.15, -0.1) is 0 Å². The normalized spacial score (nSPS) is 18.4. The fraction of sp³-hybridized carbons (Fsp3) is 0.375. The van der Waals surface area contributed by atoms with Gasteiger partial charge in [-0.3, -0.25) is 9.59 Å². The van der Waals surface area contributed by atoms with Gasteiger partial charge < -0.3 is 10.2 Å². The molecule has 0 unspecified atom stereocenters. The molecule has 0 bridgehead atoms. The summed E-state index contributed by atoms with van der Waals surface area (Å²) in [5, 5.41) is 2.75. The van der Waals surface area contributed by atoms with E-state index in [0.29, 0.717) is 19.5 Å². The Morgan fingerprint density at radius 2 is 1.91 bits per heavy atom. The number of piperidine rings is 1. The number of hydrogen-bond donors (Lipinski definition) is 1. The number of hydrogen-bond acceptors (Lipinski definition) is 2. The number of likely N-dealkylation sites (tertiary alicyclic amines) is 1. The Balaban J connectivity index is 1.98. The van der Waals surface area contributed by atoms with Gasteiger partial charge in [-0.1, -0.05) is 6.58 Å². The van der Waals surface area contributed by atoms with Crippen molar-refractivity contribution in [2.24, 2.45) is 0 Å². The van der Waals surface area contributed by atoms with Gasteiger partial charge in [-0.2, -0.15) is 13.2 Å². The number of alkyl halides is 3. The van der Waals surface area contributed by atoms with E-state index in [-0.39, 0.29) is 17.5 Å². The first-order valence-corrected chi connectivity index (χ1v) is 7.20. The molecule has 0 spiro atoms. The average molecular weight is 326 g/mol. The molecule has 1 aliphatic rings. The van der Waals surface area contributed by atoms with E-state index < -0.39 is 17.6 Å². The number of nitrogens with zero attached hydrogens (tertiary/aromatic N) is 1. The third-order valence-corrected chi connectivity index (χ3v) is 3.72. The van der Waals surface area contributed by atoms with Crippen molar-refractivity contribution in [2.45, 2.75) is 25.1 Å². The summed E-state index contributed by atoms with van der Waals surface area (Å²) in [5.74, 6) is -0.643. The zero-order valence-electron chi connectivity index (χ0n) is 12.4. The van der Waals surface area contributed by atoms with Crippen molar-refractivity contribution in [3.8, 4) is 0 Å². The van der Waals surface area contributed by atoms with E-state index in [4.69, 9.17) is 0 Å². The zero-order valence-corrected chi connectivity index (χ0v) is 12.4. The van der Waals surface area contributed by atoms with Crippen LogP contribution < -0.4 is 5.32 Å². The summed E-state index contributed by atoms with van der Waals surface area (Å²) >= 11 is 0. The van der Waals surface area contributed by atoms with Crippen LogP contribution in [0.5, 0.6) is 0 Å². The molecule has 124 valence electrons. The Morgan fingerprint density at radius 3 is 2.48 bits per heavy atom. The summed E-state index contributed by atoms with van der Waals surface area (Å²) in [6.45, 7) is 4.41. The minimum atomic E-state index is -4.43. The van der Waals surface area contributed by atoms with Gasteiger partial charge in [0.1, 0.15) is 0 Å². The van der Waals surface area contributed by atoms with Crippen molar-refractivity contribution in [1.82, 2.24) is 10.2 Å². The molecule has 1 heterocycles. The number of carbonyl (C=O) groups excluding carboxylic acids is 2. The zero-order chi connectivity index (χ0) is 17.0. The highest BCUT2D eigenvalue weighted by atomic mass is 19.4. The van der Waals surface area contributed by atoms with Crippen LogP contribution in [0.25, 0.3) is 0 Å². The van der Waals surface area contributed by atoms with E-state index in [2.05, 4.69) is 11.9 Å². The lowest BCUT2D eigenvalue weighted by Crippen LogP contribution is -2.49. The third kappa shape index (κ3) is 4.34. The number of carbonyl (C=O) groups is 2. The van der Waals surface area contributed by atoms with E-state index in [1.807, 2.05) is 0 Å². The molecule has 1 aromatic carbocycles. The van der Waals surface area contributed by atoms with E-state index in [0.717, 1.165) is 30.7 Å². The predicted octanol–water partition coefficient (Wildman–Crippen LogP) is 2.61. The summed E-state index contributed by atoms with van der Waals surface area (Å²) in [5.41, 5.74) is -0.639. The summed E-state index contributed by atoms with van der Waals surface area (Å²) in [6, 6.07) is 3.83. The maximum Gasteiger partial charge on any atom is 0.416 e. The van der Waals surface area contributed by atoms with Crippen LogP contribution in [0.15, 0.2) is 36.9 Å². The topological polar surface area (TPSA) is 49.4 Å². The van der Waals surface area contributed by atoms with Crippen LogP contribution in [0.2, 0.25) is 0 Å². The predicted molar refractivity (Wildman–Crippen MR) is 78.7 cm³/mol. The first kappa shape index (κ1) is 17.1. The second-order valence-corrected chi connectivity index (χ2v) is 5.38. The van der Waals surface area contributed by atoms with Crippen LogP contribution in [0.3, 0.4) is 0 Å². The molecule has 0 radical (unpaired) electrons. The first-order valence-electron chi connectivity index (χ1n) is 7.20. The molecule has 1 atom stereocenters. The Kier molecular flexibility index (Phi) is 5.08. The van der Waals surface area contributed by atoms with Gasteiger partial charge in [0.25, 0.3) is 5.91 Å². The molecular weight excluding hydrogens is 309 g/mol. The Labute approximate surface area is 132 Å². The lowest BCUT2D eigenvalue weighted by atomic mass is 10.0. The summed E-state index contributed by atoms with van der Waals surface area (Å²) in [6.07, 6.45) is -1.74. The highest BCUT2D eigenvalue weighted by molar-refractivity contribution is 5.94. The molecule has 4 nitrogen and oxygen atoms in total. The third-order valence-electron chi connectivity index (χ3n) is 3.72. The largest absolute Gasteiger partial charge is 0.416 e. The molecule has 0 aromatic heterocycles. The van der Waals surface area contributed by atoms with Crippen molar-refractivity contribution in [1.29, 1.82) is 0 Å². The first-order chi connectivity index (χ1) is 10.8. The number of benzene rings is 1. The van der Waals surface area contributed by atoms with Gasteiger partial charge in [-0.25, -0.2) is 0 Å². The van der Waals surface area contributed by atoms with E-state index >= 15 is 0 Å². The van der Waals surface area contributed by atoms with Crippen LogP contribution in [0.4, 0.5) is 13.2 Å². The second kappa shape index (κ2) is 6.85. The van der Waals surface area contributed by atoms with E-state index in [1.54, 1.807) is 4.90 Å². The van der Waals surface area contributed by atoms with Crippen molar-refractivity contribution in [3.63, 3.8) is 0 Å².